The van der Waals surface area contributed by atoms with E-state index in [4.69, 9.17) is 9.84 Å². The van der Waals surface area contributed by atoms with Gasteiger partial charge in [-0.25, -0.2) is 4.79 Å². The number of carbonyl (C=O) groups is 1. The van der Waals surface area contributed by atoms with E-state index < -0.39 is 5.97 Å². The van der Waals surface area contributed by atoms with Gasteiger partial charge >= 0.3 is 5.97 Å². The third-order valence-corrected chi connectivity index (χ3v) is 2.74. The lowest BCUT2D eigenvalue weighted by atomic mass is 10.1. The molecule has 0 bridgehead atoms. The van der Waals surface area contributed by atoms with Crippen molar-refractivity contribution >= 4 is 5.97 Å². The summed E-state index contributed by atoms with van der Waals surface area (Å²) >= 11 is 0. The highest BCUT2D eigenvalue weighted by Crippen LogP contribution is 2.10. The van der Waals surface area contributed by atoms with Gasteiger partial charge in [0.1, 0.15) is 0 Å². The van der Waals surface area contributed by atoms with Gasteiger partial charge in [-0.3, -0.25) is 4.90 Å². The molecule has 4 heteroatoms. The average Bonchev–Trinajstić information content (AvgIpc) is 2.26. The summed E-state index contributed by atoms with van der Waals surface area (Å²) in [6.45, 7) is 9.56. The van der Waals surface area contributed by atoms with Crippen molar-refractivity contribution in [3.05, 3.63) is 12.2 Å². The maximum Gasteiger partial charge on any atom is 0.332 e. The van der Waals surface area contributed by atoms with Crippen molar-refractivity contribution in [3.8, 4) is 0 Å². The highest BCUT2D eigenvalue weighted by atomic mass is 16.5. The number of rotatable bonds is 9. The summed E-state index contributed by atoms with van der Waals surface area (Å²) in [7, 11) is 1.65. The molecule has 0 fully saturated rings. The molecule has 0 unspecified atom stereocenters. The van der Waals surface area contributed by atoms with Gasteiger partial charge in [0, 0.05) is 31.8 Å². The Balaban J connectivity index is 4.40. The van der Waals surface area contributed by atoms with Crippen LogP contribution in [0.2, 0.25) is 0 Å². The Bertz CT molecular complexity index is 224. The van der Waals surface area contributed by atoms with Crippen LogP contribution < -0.4 is 0 Å². The molecule has 0 atom stereocenters. The molecule has 0 aliphatic carbocycles. The van der Waals surface area contributed by atoms with Crippen LogP contribution in [0.1, 0.15) is 26.7 Å². The van der Waals surface area contributed by atoms with E-state index in [9.17, 15) is 4.79 Å². The van der Waals surface area contributed by atoms with Crippen molar-refractivity contribution in [2.45, 2.75) is 32.7 Å². The molecule has 0 saturated carbocycles. The van der Waals surface area contributed by atoms with Crippen LogP contribution in [-0.4, -0.2) is 48.8 Å². The van der Waals surface area contributed by atoms with Gasteiger partial charge in [-0.05, 0) is 12.8 Å². The molecule has 0 aromatic heterocycles. The van der Waals surface area contributed by atoms with Gasteiger partial charge in [0.25, 0.3) is 0 Å². The molecule has 1 N–H and O–H groups in total. The molecule has 0 aliphatic heterocycles. The summed E-state index contributed by atoms with van der Waals surface area (Å²) in [6.07, 6.45) is 2.01. The number of carboxylic acids is 1. The SMILES string of the molecule is C=C(CN(CCOC)C(CC)CC)C(=O)O. The van der Waals surface area contributed by atoms with Crippen LogP contribution >= 0.6 is 0 Å². The Morgan fingerprint density at radius 1 is 1.44 bits per heavy atom. The van der Waals surface area contributed by atoms with E-state index >= 15 is 0 Å². The third-order valence-electron chi connectivity index (χ3n) is 2.74. The first-order valence-electron chi connectivity index (χ1n) is 5.70. The smallest absolute Gasteiger partial charge is 0.332 e. The van der Waals surface area contributed by atoms with E-state index in [-0.39, 0.29) is 5.57 Å². The number of hydrogen-bond acceptors (Lipinski definition) is 3. The van der Waals surface area contributed by atoms with Crippen LogP contribution in [0.5, 0.6) is 0 Å². The van der Waals surface area contributed by atoms with Crippen molar-refractivity contribution in [2.24, 2.45) is 0 Å². The minimum atomic E-state index is -0.923. The topological polar surface area (TPSA) is 49.8 Å². The van der Waals surface area contributed by atoms with Crippen molar-refractivity contribution in [3.63, 3.8) is 0 Å². The first kappa shape index (κ1) is 15.1. The maximum absolute atomic E-state index is 10.8. The second-order valence-electron chi connectivity index (χ2n) is 3.84. The molecule has 0 saturated heterocycles. The van der Waals surface area contributed by atoms with Gasteiger partial charge in [-0.1, -0.05) is 20.4 Å². The summed E-state index contributed by atoms with van der Waals surface area (Å²) in [5.74, 6) is -0.923. The number of hydrogen-bond donors (Lipinski definition) is 1. The minimum Gasteiger partial charge on any atom is -0.478 e. The molecule has 0 aromatic rings. The van der Waals surface area contributed by atoms with E-state index in [1.807, 2.05) is 0 Å². The molecule has 4 nitrogen and oxygen atoms in total. The fourth-order valence-electron chi connectivity index (χ4n) is 1.72. The van der Waals surface area contributed by atoms with Crippen molar-refractivity contribution < 1.29 is 14.6 Å². The Morgan fingerprint density at radius 2 is 2.00 bits per heavy atom. The monoisotopic (exact) mass is 229 g/mol. The number of methoxy groups -OCH3 is 1. The molecule has 0 aliphatic rings. The molecule has 0 rings (SSSR count). The van der Waals surface area contributed by atoms with Gasteiger partial charge in [-0.2, -0.15) is 0 Å². The van der Waals surface area contributed by atoms with Crippen LogP contribution in [0.4, 0.5) is 0 Å². The van der Waals surface area contributed by atoms with E-state index in [0.717, 1.165) is 19.4 Å². The third kappa shape index (κ3) is 5.28. The highest BCUT2D eigenvalue weighted by molar-refractivity contribution is 5.86. The lowest BCUT2D eigenvalue weighted by Gasteiger charge is -2.30. The fourth-order valence-corrected chi connectivity index (χ4v) is 1.72. The first-order chi connectivity index (χ1) is 7.56. The maximum atomic E-state index is 10.8. The van der Waals surface area contributed by atoms with Crippen LogP contribution in [0.3, 0.4) is 0 Å². The Hall–Kier alpha value is -0.870. The predicted molar refractivity (Wildman–Crippen MR) is 64.6 cm³/mol. The summed E-state index contributed by atoms with van der Waals surface area (Å²) in [4.78, 5) is 12.9. The number of nitrogens with zero attached hydrogens (tertiary/aromatic N) is 1. The summed E-state index contributed by atoms with van der Waals surface area (Å²) in [5, 5.41) is 8.83. The molecular weight excluding hydrogens is 206 g/mol. The highest BCUT2D eigenvalue weighted by Gasteiger charge is 2.17. The molecular formula is C12H23NO3. The van der Waals surface area contributed by atoms with Gasteiger partial charge in [0.05, 0.1) is 6.61 Å². The lowest BCUT2D eigenvalue weighted by molar-refractivity contribution is -0.133. The second kappa shape index (κ2) is 8.30. The zero-order chi connectivity index (χ0) is 12.6. The Labute approximate surface area is 97.9 Å². The normalized spacial score (nSPS) is 11.1. The van der Waals surface area contributed by atoms with Gasteiger partial charge in [-0.15, -0.1) is 0 Å². The molecule has 0 heterocycles. The Morgan fingerprint density at radius 3 is 2.38 bits per heavy atom. The quantitative estimate of drug-likeness (QED) is 0.612. The van der Waals surface area contributed by atoms with Crippen molar-refractivity contribution in [2.75, 3.05) is 26.8 Å². The average molecular weight is 229 g/mol. The standard InChI is InChI=1S/C12H23NO3/c1-5-11(6-2)13(7-8-16-4)9-10(3)12(14)15/h11H,3,5-9H2,1-2,4H3,(H,14,15). The largest absolute Gasteiger partial charge is 0.478 e. The van der Waals surface area contributed by atoms with Crippen LogP contribution in [0.25, 0.3) is 0 Å². The van der Waals surface area contributed by atoms with E-state index in [1.54, 1.807) is 7.11 Å². The zero-order valence-electron chi connectivity index (χ0n) is 10.5. The van der Waals surface area contributed by atoms with E-state index in [0.29, 0.717) is 19.2 Å². The van der Waals surface area contributed by atoms with Crippen molar-refractivity contribution in [1.82, 2.24) is 4.90 Å². The lowest BCUT2D eigenvalue weighted by Crippen LogP contribution is -2.39. The number of ether oxygens (including phenoxy) is 1. The molecule has 0 aromatic carbocycles. The molecule has 94 valence electrons. The van der Waals surface area contributed by atoms with E-state index in [1.165, 1.54) is 0 Å². The summed E-state index contributed by atoms with van der Waals surface area (Å²) in [5.41, 5.74) is 0.239. The second-order valence-corrected chi connectivity index (χ2v) is 3.84. The predicted octanol–water partition coefficient (Wildman–Crippen LogP) is 1.76. The van der Waals surface area contributed by atoms with Gasteiger partial charge < -0.3 is 9.84 Å². The van der Waals surface area contributed by atoms with Crippen LogP contribution in [0, 0.1) is 0 Å². The number of carboxylic acid groups (broad SMARTS) is 1. The van der Waals surface area contributed by atoms with Crippen LogP contribution in [-0.2, 0) is 9.53 Å². The summed E-state index contributed by atoms with van der Waals surface area (Å²) in [6, 6.07) is 0.395. The Kier molecular flexibility index (Phi) is 7.85. The zero-order valence-corrected chi connectivity index (χ0v) is 10.5. The minimum absolute atomic E-state index is 0.239. The number of aliphatic carboxylic acids is 1. The van der Waals surface area contributed by atoms with Gasteiger partial charge in [0.15, 0.2) is 0 Å². The summed E-state index contributed by atoms with van der Waals surface area (Å²) < 4.78 is 5.03. The molecule has 0 radical (unpaired) electrons. The van der Waals surface area contributed by atoms with Gasteiger partial charge in [0.2, 0.25) is 0 Å². The van der Waals surface area contributed by atoms with Crippen LogP contribution in [0.15, 0.2) is 12.2 Å². The molecule has 0 spiro atoms. The van der Waals surface area contributed by atoms with E-state index in [2.05, 4.69) is 25.3 Å². The fraction of sp³-hybridized carbons (Fsp3) is 0.750. The molecule has 16 heavy (non-hydrogen) atoms. The molecule has 0 amide bonds. The first-order valence-corrected chi connectivity index (χ1v) is 5.70. The van der Waals surface area contributed by atoms with Crippen molar-refractivity contribution in [1.29, 1.82) is 0 Å².